The number of esters is 3. The van der Waals surface area contributed by atoms with Gasteiger partial charge in [-0.1, -0.05) is 204 Å². The minimum absolute atomic E-state index is 0.0858. The lowest BCUT2D eigenvalue weighted by atomic mass is 10.1. The SMILES string of the molecule is CCCCC/C=C\C/C=C\C/C=C\CCCCCCC(=O)OC[C@@H](COC(=O)CCCCCCCCCCCCC)OC(=O)CCCCCCC/C=C\C/C=C\CCCCC. The first-order chi connectivity index (χ1) is 30.0. The minimum Gasteiger partial charge on any atom is -0.462 e. The fourth-order valence-electron chi connectivity index (χ4n) is 7.07. The van der Waals surface area contributed by atoms with Crippen LogP contribution in [0.3, 0.4) is 0 Å². The first-order valence-electron chi connectivity index (χ1n) is 25.8. The molecule has 0 saturated heterocycles. The molecule has 0 rings (SSSR count). The zero-order chi connectivity index (χ0) is 44.4. The van der Waals surface area contributed by atoms with Gasteiger partial charge in [0.1, 0.15) is 13.2 Å². The standard InChI is InChI=1S/C55H96O6/c1-4-7-10-13-16-19-22-24-26-27-29-30-33-36-39-42-45-48-54(57)60-51-52(50-59-53(56)47-44-41-38-35-32-21-18-15-12-9-6-3)61-55(58)49-46-43-40-37-34-31-28-25-23-20-17-14-11-8-5-2/h16-17,19-20,24-26,28-30,52H,4-15,18,21-23,27,31-51H2,1-3H3/b19-16-,20-17-,26-24-,28-25-,30-29-/t52-/m1/s1. The third-order valence-corrected chi connectivity index (χ3v) is 11.0. The first-order valence-corrected chi connectivity index (χ1v) is 25.8. The highest BCUT2D eigenvalue weighted by Crippen LogP contribution is 2.14. The lowest BCUT2D eigenvalue weighted by molar-refractivity contribution is -0.167. The summed E-state index contributed by atoms with van der Waals surface area (Å²) in [7, 11) is 0. The van der Waals surface area contributed by atoms with Gasteiger partial charge in [-0.15, -0.1) is 0 Å². The fraction of sp³-hybridized carbons (Fsp3) is 0.764. The molecule has 352 valence electrons. The lowest BCUT2D eigenvalue weighted by Crippen LogP contribution is -2.30. The van der Waals surface area contributed by atoms with E-state index in [1.807, 2.05) is 0 Å². The molecule has 0 bridgehead atoms. The zero-order valence-electron chi connectivity index (χ0n) is 40.2. The highest BCUT2D eigenvalue weighted by molar-refractivity contribution is 5.71. The Labute approximate surface area is 377 Å². The van der Waals surface area contributed by atoms with Gasteiger partial charge < -0.3 is 14.2 Å². The molecule has 0 spiro atoms. The van der Waals surface area contributed by atoms with E-state index in [1.165, 1.54) is 103 Å². The summed E-state index contributed by atoms with van der Waals surface area (Å²) in [5.41, 5.74) is 0. The van der Waals surface area contributed by atoms with Gasteiger partial charge in [0, 0.05) is 19.3 Å². The number of rotatable bonds is 46. The Hall–Kier alpha value is -2.89. The van der Waals surface area contributed by atoms with Crippen molar-refractivity contribution in [2.24, 2.45) is 0 Å². The van der Waals surface area contributed by atoms with Gasteiger partial charge in [-0.25, -0.2) is 0 Å². The summed E-state index contributed by atoms with van der Waals surface area (Å²) in [5, 5.41) is 0. The Morgan fingerprint density at radius 1 is 0.328 bits per heavy atom. The number of allylic oxidation sites excluding steroid dienone is 10. The Morgan fingerprint density at radius 2 is 0.590 bits per heavy atom. The maximum atomic E-state index is 12.8. The quantitative estimate of drug-likeness (QED) is 0.0263. The third-order valence-electron chi connectivity index (χ3n) is 11.0. The maximum absolute atomic E-state index is 12.8. The summed E-state index contributed by atoms with van der Waals surface area (Å²) in [4.78, 5) is 37.9. The Balaban J connectivity index is 4.42. The molecule has 0 heterocycles. The monoisotopic (exact) mass is 853 g/mol. The molecule has 0 amide bonds. The number of ether oxygens (including phenoxy) is 3. The molecule has 0 fully saturated rings. The molecule has 0 aromatic heterocycles. The summed E-state index contributed by atoms with van der Waals surface area (Å²) < 4.78 is 16.8. The molecule has 0 aliphatic rings. The molecule has 0 unspecified atom stereocenters. The normalized spacial score (nSPS) is 12.5. The van der Waals surface area contributed by atoms with Gasteiger partial charge >= 0.3 is 17.9 Å². The summed E-state index contributed by atoms with van der Waals surface area (Å²) in [6.45, 7) is 6.55. The molecular formula is C55H96O6. The summed E-state index contributed by atoms with van der Waals surface area (Å²) in [6, 6.07) is 0. The predicted octanol–water partition coefficient (Wildman–Crippen LogP) is 16.9. The van der Waals surface area contributed by atoms with E-state index >= 15 is 0 Å². The van der Waals surface area contributed by atoms with Gasteiger partial charge in [0.25, 0.3) is 0 Å². The number of carbonyl (C=O) groups is 3. The van der Waals surface area contributed by atoms with Gasteiger partial charge in [0.2, 0.25) is 0 Å². The Morgan fingerprint density at radius 3 is 0.951 bits per heavy atom. The molecule has 0 radical (unpaired) electrons. The highest BCUT2D eigenvalue weighted by atomic mass is 16.6. The molecule has 0 aromatic carbocycles. The number of hydrogen-bond donors (Lipinski definition) is 0. The van der Waals surface area contributed by atoms with Crippen LogP contribution in [0.5, 0.6) is 0 Å². The van der Waals surface area contributed by atoms with Gasteiger partial charge in [0.05, 0.1) is 0 Å². The topological polar surface area (TPSA) is 78.9 Å². The van der Waals surface area contributed by atoms with Crippen molar-refractivity contribution < 1.29 is 28.6 Å². The van der Waals surface area contributed by atoms with Crippen LogP contribution in [0.15, 0.2) is 60.8 Å². The van der Waals surface area contributed by atoms with E-state index in [1.54, 1.807) is 0 Å². The van der Waals surface area contributed by atoms with E-state index in [4.69, 9.17) is 14.2 Å². The first kappa shape index (κ1) is 58.1. The van der Waals surface area contributed by atoms with Crippen LogP contribution in [0.1, 0.15) is 252 Å². The molecule has 0 saturated carbocycles. The third kappa shape index (κ3) is 48.0. The van der Waals surface area contributed by atoms with E-state index in [-0.39, 0.29) is 31.1 Å². The van der Waals surface area contributed by atoms with Crippen molar-refractivity contribution in [1.82, 2.24) is 0 Å². The molecule has 6 nitrogen and oxygen atoms in total. The molecule has 61 heavy (non-hydrogen) atoms. The van der Waals surface area contributed by atoms with E-state index in [0.29, 0.717) is 19.3 Å². The number of unbranched alkanes of at least 4 members (excludes halogenated alkanes) is 25. The van der Waals surface area contributed by atoms with Crippen LogP contribution in [-0.2, 0) is 28.6 Å². The summed E-state index contributed by atoms with van der Waals surface area (Å²) in [5.74, 6) is -0.919. The second-order valence-corrected chi connectivity index (χ2v) is 17.1. The van der Waals surface area contributed by atoms with Crippen LogP contribution in [0.2, 0.25) is 0 Å². The van der Waals surface area contributed by atoms with Gasteiger partial charge in [-0.05, 0) is 89.9 Å². The molecule has 1 atom stereocenters. The molecule has 0 aliphatic heterocycles. The molecular weight excluding hydrogens is 757 g/mol. The van der Waals surface area contributed by atoms with Gasteiger partial charge in [-0.3, -0.25) is 14.4 Å². The molecule has 6 heteroatoms. The molecule has 0 N–H and O–H groups in total. The number of carbonyl (C=O) groups excluding carboxylic acids is 3. The maximum Gasteiger partial charge on any atom is 0.306 e. The van der Waals surface area contributed by atoms with E-state index in [9.17, 15) is 14.4 Å². The van der Waals surface area contributed by atoms with Crippen LogP contribution in [-0.4, -0.2) is 37.2 Å². The van der Waals surface area contributed by atoms with Gasteiger partial charge in [-0.2, -0.15) is 0 Å². The van der Waals surface area contributed by atoms with Gasteiger partial charge in [0.15, 0.2) is 6.10 Å². The van der Waals surface area contributed by atoms with Crippen LogP contribution in [0.25, 0.3) is 0 Å². The summed E-state index contributed by atoms with van der Waals surface area (Å²) >= 11 is 0. The predicted molar refractivity (Wildman–Crippen MR) is 261 cm³/mol. The van der Waals surface area contributed by atoms with Crippen LogP contribution in [0.4, 0.5) is 0 Å². The van der Waals surface area contributed by atoms with Crippen molar-refractivity contribution in [1.29, 1.82) is 0 Å². The van der Waals surface area contributed by atoms with Crippen molar-refractivity contribution in [2.45, 2.75) is 258 Å². The fourth-order valence-corrected chi connectivity index (χ4v) is 7.07. The second kappa shape index (κ2) is 49.8. The van der Waals surface area contributed by atoms with E-state index in [0.717, 1.165) is 109 Å². The Kier molecular flexibility index (Phi) is 47.4. The van der Waals surface area contributed by atoms with E-state index < -0.39 is 6.10 Å². The zero-order valence-corrected chi connectivity index (χ0v) is 40.2. The Bertz CT molecular complexity index is 1120. The minimum atomic E-state index is -0.788. The van der Waals surface area contributed by atoms with E-state index in [2.05, 4.69) is 81.5 Å². The number of hydrogen-bond acceptors (Lipinski definition) is 6. The average Bonchev–Trinajstić information content (AvgIpc) is 3.26. The summed E-state index contributed by atoms with van der Waals surface area (Å²) in [6.07, 6.45) is 60.5. The van der Waals surface area contributed by atoms with Crippen molar-refractivity contribution in [2.75, 3.05) is 13.2 Å². The highest BCUT2D eigenvalue weighted by Gasteiger charge is 2.19. The largest absolute Gasteiger partial charge is 0.462 e. The van der Waals surface area contributed by atoms with Crippen molar-refractivity contribution in [3.63, 3.8) is 0 Å². The van der Waals surface area contributed by atoms with Crippen molar-refractivity contribution in [3.8, 4) is 0 Å². The van der Waals surface area contributed by atoms with Crippen LogP contribution >= 0.6 is 0 Å². The lowest BCUT2D eigenvalue weighted by Gasteiger charge is -2.18. The van der Waals surface area contributed by atoms with Crippen LogP contribution in [0, 0.1) is 0 Å². The molecule has 0 aliphatic carbocycles. The van der Waals surface area contributed by atoms with Crippen LogP contribution < -0.4 is 0 Å². The average molecular weight is 853 g/mol. The second-order valence-electron chi connectivity index (χ2n) is 17.1. The van der Waals surface area contributed by atoms with Crippen molar-refractivity contribution in [3.05, 3.63) is 60.8 Å². The smallest absolute Gasteiger partial charge is 0.306 e. The molecule has 0 aromatic rings. The van der Waals surface area contributed by atoms with Crippen molar-refractivity contribution >= 4 is 17.9 Å².